The first-order valence-corrected chi connectivity index (χ1v) is 11.4. The average molecular weight is 454 g/mol. The maximum atomic E-state index is 14.2. The smallest absolute Gasteiger partial charge is 0.309 e. The second-order valence-electron chi connectivity index (χ2n) is 8.21. The molecule has 2 aliphatic rings. The molecule has 1 N–H and O–H groups in total. The van der Waals surface area contributed by atoms with Crippen molar-refractivity contribution in [2.75, 3.05) is 0 Å². The predicted octanol–water partition coefficient (Wildman–Crippen LogP) is 5.62. The first kappa shape index (κ1) is 21.1. The molecular weight excluding hydrogens is 432 g/mol. The highest BCUT2D eigenvalue weighted by molar-refractivity contribution is 7.99. The van der Waals surface area contributed by atoms with Crippen LogP contribution in [-0.4, -0.2) is 28.3 Å². The molecule has 1 aromatic heterocycles. The van der Waals surface area contributed by atoms with Gasteiger partial charge in [-0.15, -0.1) is 0 Å². The van der Waals surface area contributed by atoms with Crippen LogP contribution >= 0.6 is 11.8 Å². The first-order chi connectivity index (χ1) is 15.5. The fourth-order valence-corrected chi connectivity index (χ4v) is 4.99. The lowest BCUT2D eigenvalue weighted by Crippen LogP contribution is -2.31. The van der Waals surface area contributed by atoms with Crippen molar-refractivity contribution in [1.29, 1.82) is 0 Å². The summed E-state index contributed by atoms with van der Waals surface area (Å²) in [6.07, 6.45) is 4.75. The summed E-state index contributed by atoms with van der Waals surface area (Å²) in [5.74, 6) is -0.799. The van der Waals surface area contributed by atoms with Crippen molar-refractivity contribution in [2.45, 2.75) is 53.6 Å². The Morgan fingerprint density at radius 3 is 2.56 bits per heavy atom. The SMILES string of the molecule is O=C1C[C@H](O)C[C@@H](/C=C/c2c(C3CC3)nc3ccc(F)cc3c2Sc2ccc(F)cc2)O1. The third-order valence-corrected chi connectivity index (χ3v) is 6.78. The summed E-state index contributed by atoms with van der Waals surface area (Å²) >= 11 is 1.43. The molecular formula is C25H21F2NO3S. The van der Waals surface area contributed by atoms with Crippen LogP contribution in [0.5, 0.6) is 0 Å². The molecule has 5 rings (SSSR count). The number of hydrogen-bond acceptors (Lipinski definition) is 5. The summed E-state index contributed by atoms with van der Waals surface area (Å²) in [7, 11) is 0. The van der Waals surface area contributed by atoms with Gasteiger partial charge < -0.3 is 9.84 Å². The third kappa shape index (κ3) is 4.54. The van der Waals surface area contributed by atoms with Crippen LogP contribution in [0.1, 0.15) is 42.9 Å². The van der Waals surface area contributed by atoms with E-state index in [1.54, 1.807) is 24.3 Å². The highest BCUT2D eigenvalue weighted by Crippen LogP contribution is 2.46. The fraction of sp³-hybridized carbons (Fsp3) is 0.280. The number of carbonyl (C=O) groups is 1. The monoisotopic (exact) mass is 453 g/mol. The van der Waals surface area contributed by atoms with Crippen LogP contribution in [-0.2, 0) is 9.53 Å². The van der Waals surface area contributed by atoms with E-state index in [0.717, 1.165) is 33.9 Å². The largest absolute Gasteiger partial charge is 0.458 e. The van der Waals surface area contributed by atoms with Crippen LogP contribution in [0.3, 0.4) is 0 Å². The molecule has 7 heteroatoms. The van der Waals surface area contributed by atoms with E-state index in [4.69, 9.17) is 9.72 Å². The molecule has 2 fully saturated rings. The van der Waals surface area contributed by atoms with Gasteiger partial charge in [0.2, 0.25) is 0 Å². The van der Waals surface area contributed by atoms with E-state index in [1.165, 1.54) is 36.0 Å². The summed E-state index contributed by atoms with van der Waals surface area (Å²) in [6, 6.07) is 10.7. The van der Waals surface area contributed by atoms with Gasteiger partial charge >= 0.3 is 5.97 Å². The van der Waals surface area contributed by atoms with Crippen LogP contribution in [0.2, 0.25) is 0 Å². The summed E-state index contributed by atoms with van der Waals surface area (Å²) in [4.78, 5) is 18.2. The van der Waals surface area contributed by atoms with Crippen molar-refractivity contribution in [3.05, 3.63) is 71.4 Å². The van der Waals surface area contributed by atoms with Gasteiger partial charge in [0.05, 0.1) is 23.7 Å². The highest BCUT2D eigenvalue weighted by atomic mass is 32.2. The Balaban J connectivity index is 1.63. The number of hydrogen-bond donors (Lipinski definition) is 1. The Hall–Kier alpha value is -2.77. The molecule has 1 saturated carbocycles. The summed E-state index contributed by atoms with van der Waals surface area (Å²) < 4.78 is 33.0. The van der Waals surface area contributed by atoms with Crippen LogP contribution in [0.15, 0.2) is 58.3 Å². The average Bonchev–Trinajstić information content (AvgIpc) is 3.59. The van der Waals surface area contributed by atoms with Crippen LogP contribution in [0.4, 0.5) is 8.78 Å². The Morgan fingerprint density at radius 1 is 1.09 bits per heavy atom. The molecule has 2 atom stereocenters. The maximum Gasteiger partial charge on any atom is 0.309 e. The molecule has 0 spiro atoms. The van der Waals surface area contributed by atoms with Crippen LogP contribution < -0.4 is 0 Å². The summed E-state index contributed by atoms with van der Waals surface area (Å²) in [5.41, 5.74) is 2.47. The van der Waals surface area contributed by atoms with E-state index in [0.29, 0.717) is 23.2 Å². The Bertz CT molecular complexity index is 1210. The van der Waals surface area contributed by atoms with Gasteiger partial charge in [0.25, 0.3) is 0 Å². The standard InChI is InChI=1S/C25H21F2NO3S/c26-15-3-7-19(8-4-15)32-25-20(9-6-18-12-17(29)13-23(30)31-18)24(14-1-2-14)28-22-10-5-16(27)11-21(22)25/h3-11,14,17-18,29H,1-2,12-13H2/b9-6+/t17-,18-/m1/s1. The number of esters is 1. The van der Waals surface area contributed by atoms with Crippen molar-refractivity contribution in [2.24, 2.45) is 0 Å². The van der Waals surface area contributed by atoms with E-state index in [9.17, 15) is 18.7 Å². The Labute approximate surface area is 188 Å². The van der Waals surface area contributed by atoms with Gasteiger partial charge in [-0.25, -0.2) is 8.78 Å². The number of rotatable bonds is 5. The quantitative estimate of drug-likeness (QED) is 0.508. The molecule has 2 aromatic carbocycles. The van der Waals surface area contributed by atoms with E-state index >= 15 is 0 Å². The van der Waals surface area contributed by atoms with Gasteiger partial charge in [-0.3, -0.25) is 9.78 Å². The minimum Gasteiger partial charge on any atom is -0.458 e. The number of carbonyl (C=O) groups excluding carboxylic acids is 1. The predicted molar refractivity (Wildman–Crippen MR) is 118 cm³/mol. The zero-order valence-corrected chi connectivity index (χ0v) is 17.9. The molecule has 0 bridgehead atoms. The van der Waals surface area contributed by atoms with Crippen molar-refractivity contribution in [1.82, 2.24) is 4.98 Å². The van der Waals surface area contributed by atoms with Crippen molar-refractivity contribution < 1.29 is 23.4 Å². The van der Waals surface area contributed by atoms with Gasteiger partial charge in [-0.05, 0) is 61.4 Å². The number of ether oxygens (including phenoxy) is 1. The van der Waals surface area contributed by atoms with E-state index in [1.807, 2.05) is 6.08 Å². The van der Waals surface area contributed by atoms with E-state index in [-0.39, 0.29) is 18.1 Å². The maximum absolute atomic E-state index is 14.2. The van der Waals surface area contributed by atoms with E-state index in [2.05, 4.69) is 0 Å². The molecule has 3 aromatic rings. The number of pyridine rings is 1. The fourth-order valence-electron chi connectivity index (χ4n) is 3.93. The van der Waals surface area contributed by atoms with Gasteiger partial charge in [0, 0.05) is 33.1 Å². The zero-order chi connectivity index (χ0) is 22.2. The third-order valence-electron chi connectivity index (χ3n) is 5.63. The van der Waals surface area contributed by atoms with Gasteiger partial charge in [0.15, 0.2) is 0 Å². The Kier molecular flexibility index (Phi) is 5.69. The second kappa shape index (κ2) is 8.64. The molecule has 4 nitrogen and oxygen atoms in total. The number of fused-ring (bicyclic) bond motifs is 1. The lowest BCUT2D eigenvalue weighted by molar-refractivity contribution is -0.156. The summed E-state index contributed by atoms with van der Waals surface area (Å²) in [5, 5.41) is 10.6. The summed E-state index contributed by atoms with van der Waals surface area (Å²) in [6.45, 7) is 0. The minimum atomic E-state index is -0.731. The van der Waals surface area contributed by atoms with Gasteiger partial charge in [-0.2, -0.15) is 0 Å². The minimum absolute atomic E-state index is 0.000139. The van der Waals surface area contributed by atoms with Crippen LogP contribution in [0, 0.1) is 11.6 Å². The lowest BCUT2D eigenvalue weighted by Gasteiger charge is -2.23. The molecule has 0 radical (unpaired) electrons. The molecule has 164 valence electrons. The van der Waals surface area contributed by atoms with E-state index < -0.39 is 18.2 Å². The number of benzene rings is 2. The molecule has 2 heterocycles. The zero-order valence-electron chi connectivity index (χ0n) is 17.1. The number of aromatic nitrogens is 1. The first-order valence-electron chi connectivity index (χ1n) is 10.6. The molecule has 1 saturated heterocycles. The van der Waals surface area contributed by atoms with Gasteiger partial charge in [0.1, 0.15) is 17.7 Å². The number of nitrogens with zero attached hydrogens (tertiary/aromatic N) is 1. The Morgan fingerprint density at radius 2 is 1.84 bits per heavy atom. The van der Waals surface area contributed by atoms with Crippen molar-refractivity contribution >= 4 is 34.7 Å². The molecule has 32 heavy (non-hydrogen) atoms. The second-order valence-corrected chi connectivity index (χ2v) is 9.30. The van der Waals surface area contributed by atoms with Gasteiger partial charge in [-0.1, -0.05) is 17.8 Å². The van der Waals surface area contributed by atoms with Crippen molar-refractivity contribution in [3.8, 4) is 0 Å². The highest BCUT2D eigenvalue weighted by Gasteiger charge is 2.30. The topological polar surface area (TPSA) is 59.4 Å². The number of cyclic esters (lactones) is 1. The molecule has 0 unspecified atom stereocenters. The lowest BCUT2D eigenvalue weighted by atomic mass is 10.0. The molecule has 0 amide bonds. The molecule has 1 aliphatic heterocycles. The number of aliphatic hydroxyl groups excluding tert-OH is 1. The van der Waals surface area contributed by atoms with Crippen LogP contribution in [0.25, 0.3) is 17.0 Å². The van der Waals surface area contributed by atoms with Crippen molar-refractivity contribution in [3.63, 3.8) is 0 Å². The normalized spacial score (nSPS) is 21.3. The number of halogens is 2. The number of aliphatic hydroxyl groups is 1. The molecule has 1 aliphatic carbocycles.